The zero-order valence-electron chi connectivity index (χ0n) is 10.8. The minimum absolute atomic E-state index is 0.0845. The molecule has 100 valence electrons. The normalized spacial score (nSPS) is 22.8. The summed E-state index contributed by atoms with van der Waals surface area (Å²) in [7, 11) is 0. The summed E-state index contributed by atoms with van der Waals surface area (Å²) in [6.07, 6.45) is 16.3. The fraction of sp³-hybridized carbons (Fsp3) is 0.312. The van der Waals surface area contributed by atoms with Gasteiger partial charge in [-0.3, -0.25) is 4.79 Å². The van der Waals surface area contributed by atoms with Crippen LogP contribution in [-0.4, -0.2) is 12.8 Å². The second-order valence-corrected chi connectivity index (χ2v) is 4.67. The number of hydrogen-bond donors (Lipinski definition) is 1. The Balaban J connectivity index is 1.79. The third kappa shape index (κ3) is 4.05. The van der Waals surface area contributed by atoms with Gasteiger partial charge in [0.25, 0.3) is 0 Å². The Morgan fingerprint density at radius 2 is 2.37 bits per heavy atom. The molecule has 0 saturated carbocycles. The largest absolute Gasteiger partial charge is 0.382 e. The first-order valence-corrected chi connectivity index (χ1v) is 6.58. The van der Waals surface area contributed by atoms with E-state index in [1.807, 2.05) is 24.3 Å². The molecular weight excluding hydrogens is 241 g/mol. The van der Waals surface area contributed by atoms with E-state index in [9.17, 15) is 9.18 Å². The van der Waals surface area contributed by atoms with Crippen molar-refractivity contribution < 1.29 is 9.18 Å². The van der Waals surface area contributed by atoms with E-state index >= 15 is 0 Å². The topological polar surface area (TPSA) is 29.1 Å². The van der Waals surface area contributed by atoms with E-state index in [-0.39, 0.29) is 11.7 Å². The molecule has 2 nitrogen and oxygen atoms in total. The van der Waals surface area contributed by atoms with Crippen molar-refractivity contribution >= 4 is 6.29 Å². The van der Waals surface area contributed by atoms with E-state index in [0.29, 0.717) is 6.54 Å². The van der Waals surface area contributed by atoms with Gasteiger partial charge in [-0.25, -0.2) is 4.39 Å². The highest BCUT2D eigenvalue weighted by Crippen LogP contribution is 2.22. The molecule has 3 heteroatoms. The summed E-state index contributed by atoms with van der Waals surface area (Å²) in [5, 5.41) is 3.22. The Morgan fingerprint density at radius 1 is 1.47 bits per heavy atom. The first-order valence-electron chi connectivity index (χ1n) is 6.58. The lowest BCUT2D eigenvalue weighted by Crippen LogP contribution is -2.14. The van der Waals surface area contributed by atoms with Crippen LogP contribution in [-0.2, 0) is 4.79 Å². The molecule has 2 rings (SSSR count). The number of carbonyl (C=O) groups is 1. The maximum absolute atomic E-state index is 13.4. The quantitative estimate of drug-likeness (QED) is 0.606. The molecule has 0 bridgehead atoms. The minimum Gasteiger partial charge on any atom is -0.382 e. The average Bonchev–Trinajstić information content (AvgIpc) is 2.45. The van der Waals surface area contributed by atoms with Gasteiger partial charge in [-0.1, -0.05) is 30.4 Å². The molecule has 1 unspecified atom stereocenters. The molecule has 0 heterocycles. The first kappa shape index (κ1) is 13.5. The van der Waals surface area contributed by atoms with Gasteiger partial charge >= 0.3 is 0 Å². The van der Waals surface area contributed by atoms with E-state index in [1.54, 1.807) is 6.08 Å². The lowest BCUT2D eigenvalue weighted by Gasteiger charge is -2.12. The molecule has 1 N–H and O–H groups in total. The van der Waals surface area contributed by atoms with E-state index in [1.165, 1.54) is 6.08 Å². The molecule has 0 aromatic rings. The zero-order chi connectivity index (χ0) is 13.5. The summed E-state index contributed by atoms with van der Waals surface area (Å²) in [4.78, 5) is 10.7. The van der Waals surface area contributed by atoms with Crippen molar-refractivity contribution in [3.63, 3.8) is 0 Å². The van der Waals surface area contributed by atoms with Crippen LogP contribution in [0.4, 0.5) is 4.39 Å². The molecule has 0 aromatic carbocycles. The number of halogens is 1. The maximum atomic E-state index is 13.4. The summed E-state index contributed by atoms with van der Waals surface area (Å²) in [5.74, 6) is -0.216. The van der Waals surface area contributed by atoms with Crippen LogP contribution in [0.5, 0.6) is 0 Å². The van der Waals surface area contributed by atoms with Crippen LogP contribution in [0.1, 0.15) is 19.3 Å². The molecule has 0 amide bonds. The number of aldehydes is 1. The van der Waals surface area contributed by atoms with Gasteiger partial charge < -0.3 is 5.32 Å². The van der Waals surface area contributed by atoms with E-state index in [2.05, 4.69) is 11.4 Å². The van der Waals surface area contributed by atoms with Crippen molar-refractivity contribution in [3.05, 3.63) is 59.6 Å². The SMILES string of the molecule is O=CC1=CC(NC/C=C/C2CC=CC=C2F)=CCC1. The molecule has 2 aliphatic carbocycles. The highest BCUT2D eigenvalue weighted by molar-refractivity contribution is 5.74. The number of carbonyl (C=O) groups excluding carboxylic acids is 1. The third-order valence-corrected chi connectivity index (χ3v) is 3.22. The lowest BCUT2D eigenvalue weighted by molar-refractivity contribution is -0.105. The molecule has 2 aliphatic rings. The van der Waals surface area contributed by atoms with Crippen LogP contribution < -0.4 is 5.32 Å². The molecule has 0 spiro atoms. The van der Waals surface area contributed by atoms with Crippen LogP contribution in [0.15, 0.2) is 59.6 Å². The summed E-state index contributed by atoms with van der Waals surface area (Å²) >= 11 is 0. The Kier molecular flexibility index (Phi) is 4.90. The fourth-order valence-corrected chi connectivity index (χ4v) is 2.14. The molecule has 0 fully saturated rings. The number of hydrogen-bond acceptors (Lipinski definition) is 2. The van der Waals surface area contributed by atoms with Crippen LogP contribution in [0.3, 0.4) is 0 Å². The molecular formula is C16H18FNO. The van der Waals surface area contributed by atoms with Crippen LogP contribution in [0, 0.1) is 5.92 Å². The smallest absolute Gasteiger partial charge is 0.146 e. The zero-order valence-corrected chi connectivity index (χ0v) is 10.8. The minimum atomic E-state index is -0.131. The molecule has 1 atom stereocenters. The fourth-order valence-electron chi connectivity index (χ4n) is 2.14. The maximum Gasteiger partial charge on any atom is 0.146 e. The van der Waals surface area contributed by atoms with Crippen molar-refractivity contribution in [2.24, 2.45) is 5.92 Å². The van der Waals surface area contributed by atoms with Gasteiger partial charge in [0.15, 0.2) is 0 Å². The summed E-state index contributed by atoms with van der Waals surface area (Å²) in [6, 6.07) is 0. The molecule has 0 aromatic heterocycles. The van der Waals surface area contributed by atoms with Crippen LogP contribution in [0.25, 0.3) is 0 Å². The average molecular weight is 259 g/mol. The van der Waals surface area contributed by atoms with E-state index in [0.717, 1.165) is 36.8 Å². The molecule has 0 aliphatic heterocycles. The predicted octanol–water partition coefficient (Wildman–Crippen LogP) is 3.36. The monoisotopic (exact) mass is 259 g/mol. The van der Waals surface area contributed by atoms with Gasteiger partial charge in [0.2, 0.25) is 0 Å². The van der Waals surface area contributed by atoms with E-state index < -0.39 is 0 Å². The second kappa shape index (κ2) is 6.88. The Hall–Kier alpha value is -1.90. The van der Waals surface area contributed by atoms with Gasteiger partial charge in [0, 0.05) is 18.2 Å². The third-order valence-electron chi connectivity index (χ3n) is 3.22. The number of allylic oxidation sites excluding steroid dienone is 8. The molecule has 19 heavy (non-hydrogen) atoms. The van der Waals surface area contributed by atoms with Gasteiger partial charge in [-0.15, -0.1) is 0 Å². The van der Waals surface area contributed by atoms with Gasteiger partial charge in [-0.2, -0.15) is 0 Å². The van der Waals surface area contributed by atoms with Crippen molar-refractivity contribution in [3.8, 4) is 0 Å². The summed E-state index contributed by atoms with van der Waals surface area (Å²) < 4.78 is 13.4. The van der Waals surface area contributed by atoms with E-state index in [4.69, 9.17) is 0 Å². The highest BCUT2D eigenvalue weighted by atomic mass is 19.1. The van der Waals surface area contributed by atoms with Gasteiger partial charge in [0.05, 0.1) is 0 Å². The van der Waals surface area contributed by atoms with Gasteiger partial charge in [-0.05, 0) is 37.0 Å². The summed E-state index contributed by atoms with van der Waals surface area (Å²) in [5.41, 5.74) is 1.79. The second-order valence-electron chi connectivity index (χ2n) is 4.67. The summed E-state index contributed by atoms with van der Waals surface area (Å²) in [6.45, 7) is 0.641. The Labute approximate surface area is 113 Å². The highest BCUT2D eigenvalue weighted by Gasteiger charge is 2.10. The predicted molar refractivity (Wildman–Crippen MR) is 75.0 cm³/mol. The first-order chi connectivity index (χ1) is 9.29. The van der Waals surface area contributed by atoms with Gasteiger partial charge in [0.1, 0.15) is 12.1 Å². The van der Waals surface area contributed by atoms with Crippen molar-refractivity contribution in [1.29, 1.82) is 0 Å². The van der Waals surface area contributed by atoms with Crippen molar-refractivity contribution in [2.75, 3.05) is 6.54 Å². The lowest BCUT2D eigenvalue weighted by atomic mass is 9.99. The molecule has 0 saturated heterocycles. The van der Waals surface area contributed by atoms with Crippen LogP contribution in [0.2, 0.25) is 0 Å². The Morgan fingerprint density at radius 3 is 3.16 bits per heavy atom. The number of nitrogens with one attached hydrogen (secondary N) is 1. The Bertz CT molecular complexity index is 483. The van der Waals surface area contributed by atoms with Crippen molar-refractivity contribution in [1.82, 2.24) is 5.32 Å². The molecule has 0 radical (unpaired) electrons. The standard InChI is InChI=1S/C16H18FNO/c17-16-9-2-1-6-14(16)7-4-10-18-15-8-3-5-13(11-15)12-19/h1-2,4,7-9,11-12,14,18H,3,5-6,10H2/b7-4+. The number of rotatable bonds is 5. The van der Waals surface area contributed by atoms with Crippen molar-refractivity contribution in [2.45, 2.75) is 19.3 Å². The van der Waals surface area contributed by atoms with Crippen LogP contribution >= 0.6 is 0 Å².